The van der Waals surface area contributed by atoms with Crippen molar-refractivity contribution >= 4 is 41.4 Å². The Morgan fingerprint density at radius 1 is 1.00 bits per heavy atom. The molecule has 0 unspecified atom stereocenters. The van der Waals surface area contributed by atoms with Crippen LogP contribution in [-0.4, -0.2) is 12.1 Å². The molecule has 0 spiro atoms. The van der Waals surface area contributed by atoms with Gasteiger partial charge in [-0.25, -0.2) is 5.43 Å². The summed E-state index contributed by atoms with van der Waals surface area (Å²) in [7, 11) is 0. The van der Waals surface area contributed by atoms with Gasteiger partial charge in [0.05, 0.1) is 6.21 Å². The zero-order chi connectivity index (χ0) is 16.7. The van der Waals surface area contributed by atoms with E-state index in [0.29, 0.717) is 15.6 Å². The maximum atomic E-state index is 11.9. The van der Waals surface area contributed by atoms with E-state index in [2.05, 4.69) is 10.5 Å². The first-order valence-electron chi connectivity index (χ1n) is 6.55. The molecule has 1 N–H and O–H groups in total. The van der Waals surface area contributed by atoms with Crippen LogP contribution < -0.4 is 5.43 Å². The molecule has 6 heteroatoms. The second kappa shape index (κ2) is 8.14. The quantitative estimate of drug-likeness (QED) is 0.394. The number of hydrogen-bond donors (Lipinski definition) is 1. The molecular weight excluding hydrogens is 333 g/mol. The fraction of sp³-hybridized carbons (Fsp3) is 0. The van der Waals surface area contributed by atoms with E-state index in [9.17, 15) is 4.79 Å². The van der Waals surface area contributed by atoms with E-state index in [1.807, 2.05) is 6.07 Å². The van der Waals surface area contributed by atoms with E-state index in [0.717, 1.165) is 5.56 Å². The average molecular weight is 344 g/mol. The summed E-state index contributed by atoms with van der Waals surface area (Å²) in [4.78, 5) is 11.9. The van der Waals surface area contributed by atoms with Crippen LogP contribution in [0.2, 0.25) is 10.0 Å². The number of benzene rings is 2. The van der Waals surface area contributed by atoms with Gasteiger partial charge in [0, 0.05) is 10.0 Å². The maximum absolute atomic E-state index is 11.9. The van der Waals surface area contributed by atoms with Crippen molar-refractivity contribution in [3.63, 3.8) is 0 Å². The van der Waals surface area contributed by atoms with Gasteiger partial charge in [-0.05, 0) is 41.5 Å². The lowest BCUT2D eigenvalue weighted by Crippen LogP contribution is -2.18. The van der Waals surface area contributed by atoms with Crippen molar-refractivity contribution in [3.05, 3.63) is 75.3 Å². The number of carbonyl (C=O) groups is 1. The molecule has 0 radical (unpaired) electrons. The number of hydrazone groups is 1. The van der Waals surface area contributed by atoms with Gasteiger partial charge in [-0.3, -0.25) is 4.79 Å². The molecule has 0 aliphatic rings. The summed E-state index contributed by atoms with van der Waals surface area (Å²) in [6.07, 6.45) is 2.93. The van der Waals surface area contributed by atoms with E-state index in [4.69, 9.17) is 28.5 Å². The van der Waals surface area contributed by atoms with E-state index in [-0.39, 0.29) is 5.57 Å². The molecule has 0 aliphatic heterocycles. The minimum atomic E-state index is -0.590. The molecule has 0 saturated carbocycles. The summed E-state index contributed by atoms with van der Waals surface area (Å²) >= 11 is 11.6. The molecule has 2 rings (SSSR count). The minimum absolute atomic E-state index is 0.0550. The highest BCUT2D eigenvalue weighted by molar-refractivity contribution is 6.30. The lowest BCUT2D eigenvalue weighted by atomic mass is 10.1. The standard InChI is InChI=1S/C17H11Cl2N3O/c18-15-5-1-12(2-6-15)9-14(10-20)17(23)22-21-11-13-3-7-16(19)8-4-13/h1-9,11H,(H,22,23)/b14-9+,21-11+. The molecule has 2 aromatic carbocycles. The Morgan fingerprint density at radius 3 is 2.04 bits per heavy atom. The second-order valence-corrected chi connectivity index (χ2v) is 5.34. The monoisotopic (exact) mass is 343 g/mol. The van der Waals surface area contributed by atoms with Crippen molar-refractivity contribution in [1.29, 1.82) is 5.26 Å². The van der Waals surface area contributed by atoms with Gasteiger partial charge in [0.25, 0.3) is 5.91 Å². The first kappa shape index (κ1) is 16.8. The Hall–Kier alpha value is -2.61. The average Bonchev–Trinajstić information content (AvgIpc) is 2.56. The van der Waals surface area contributed by atoms with E-state index < -0.39 is 5.91 Å². The molecule has 1 amide bonds. The Labute approximate surface area is 143 Å². The van der Waals surface area contributed by atoms with Crippen molar-refractivity contribution in [2.24, 2.45) is 5.10 Å². The Kier molecular flexibility index (Phi) is 5.93. The molecular formula is C17H11Cl2N3O. The number of nitrogens with zero attached hydrogens (tertiary/aromatic N) is 2. The highest BCUT2D eigenvalue weighted by Gasteiger charge is 2.07. The molecule has 0 aromatic heterocycles. The number of carbonyl (C=O) groups excluding carboxylic acids is 1. The van der Waals surface area contributed by atoms with E-state index >= 15 is 0 Å². The Morgan fingerprint density at radius 2 is 1.52 bits per heavy atom. The Bertz CT molecular complexity index is 788. The number of rotatable bonds is 4. The SMILES string of the molecule is N#C/C(=C\c1ccc(Cl)cc1)C(=O)N/N=C/c1ccc(Cl)cc1. The third-order valence-electron chi connectivity index (χ3n) is 2.80. The van der Waals surface area contributed by atoms with Crippen LogP contribution >= 0.6 is 23.2 Å². The molecule has 23 heavy (non-hydrogen) atoms. The molecule has 0 aliphatic carbocycles. The topological polar surface area (TPSA) is 65.2 Å². The molecule has 0 bridgehead atoms. The molecule has 4 nitrogen and oxygen atoms in total. The van der Waals surface area contributed by atoms with Crippen LogP contribution in [0.4, 0.5) is 0 Å². The van der Waals surface area contributed by atoms with Crippen LogP contribution in [0.3, 0.4) is 0 Å². The first-order chi connectivity index (χ1) is 11.1. The summed E-state index contributed by atoms with van der Waals surface area (Å²) in [6.45, 7) is 0. The normalized spacial score (nSPS) is 11.3. The number of halogens is 2. The fourth-order valence-corrected chi connectivity index (χ4v) is 1.90. The molecule has 0 heterocycles. The summed E-state index contributed by atoms with van der Waals surface area (Å²) < 4.78 is 0. The zero-order valence-corrected chi connectivity index (χ0v) is 13.3. The Balaban J connectivity index is 2.04. The largest absolute Gasteiger partial charge is 0.282 e. The van der Waals surface area contributed by atoms with Gasteiger partial charge in [0.1, 0.15) is 11.6 Å². The highest BCUT2D eigenvalue weighted by atomic mass is 35.5. The lowest BCUT2D eigenvalue weighted by molar-refractivity contribution is -0.117. The van der Waals surface area contributed by atoms with Gasteiger partial charge < -0.3 is 0 Å². The van der Waals surface area contributed by atoms with Crippen molar-refractivity contribution in [2.45, 2.75) is 0 Å². The number of hydrogen-bond acceptors (Lipinski definition) is 3. The van der Waals surface area contributed by atoms with Crippen LogP contribution in [0.15, 0.2) is 59.2 Å². The van der Waals surface area contributed by atoms with Crippen LogP contribution in [0, 0.1) is 11.3 Å². The molecule has 0 saturated heterocycles. The van der Waals surface area contributed by atoms with E-state index in [1.54, 1.807) is 48.5 Å². The van der Waals surface area contributed by atoms with Crippen molar-refractivity contribution < 1.29 is 4.79 Å². The van der Waals surface area contributed by atoms with Crippen LogP contribution in [0.5, 0.6) is 0 Å². The van der Waals surface area contributed by atoms with Gasteiger partial charge in [0.2, 0.25) is 0 Å². The van der Waals surface area contributed by atoms with Crippen LogP contribution in [0.25, 0.3) is 6.08 Å². The lowest BCUT2D eigenvalue weighted by Gasteiger charge is -1.99. The maximum Gasteiger partial charge on any atom is 0.282 e. The van der Waals surface area contributed by atoms with Crippen molar-refractivity contribution in [2.75, 3.05) is 0 Å². The highest BCUT2D eigenvalue weighted by Crippen LogP contribution is 2.12. The van der Waals surface area contributed by atoms with Crippen molar-refractivity contribution in [3.8, 4) is 6.07 Å². The molecule has 0 atom stereocenters. The predicted molar refractivity (Wildman–Crippen MR) is 92.2 cm³/mol. The third-order valence-corrected chi connectivity index (χ3v) is 3.30. The number of nitriles is 1. The van der Waals surface area contributed by atoms with Gasteiger partial charge in [0.15, 0.2) is 0 Å². The summed E-state index contributed by atoms with van der Waals surface area (Å²) in [5.41, 5.74) is 3.72. The molecule has 2 aromatic rings. The van der Waals surface area contributed by atoms with Crippen LogP contribution in [0.1, 0.15) is 11.1 Å². The summed E-state index contributed by atoms with van der Waals surface area (Å²) in [6, 6.07) is 15.6. The zero-order valence-electron chi connectivity index (χ0n) is 11.8. The van der Waals surface area contributed by atoms with Crippen molar-refractivity contribution in [1.82, 2.24) is 5.43 Å². The van der Waals surface area contributed by atoms with E-state index in [1.165, 1.54) is 12.3 Å². The summed E-state index contributed by atoms with van der Waals surface area (Å²) in [5, 5.41) is 14.1. The minimum Gasteiger partial charge on any atom is -0.267 e. The summed E-state index contributed by atoms with van der Waals surface area (Å²) in [5.74, 6) is -0.590. The van der Waals surface area contributed by atoms with Crippen LogP contribution in [-0.2, 0) is 4.79 Å². The van der Waals surface area contributed by atoms with Gasteiger partial charge in [-0.1, -0.05) is 47.5 Å². The van der Waals surface area contributed by atoms with Gasteiger partial charge in [-0.2, -0.15) is 10.4 Å². The molecule has 0 fully saturated rings. The number of nitrogens with one attached hydrogen (secondary N) is 1. The van der Waals surface area contributed by atoms with Gasteiger partial charge >= 0.3 is 0 Å². The molecule has 114 valence electrons. The first-order valence-corrected chi connectivity index (χ1v) is 7.30. The predicted octanol–water partition coefficient (Wildman–Crippen LogP) is 4.05. The smallest absolute Gasteiger partial charge is 0.267 e. The fourth-order valence-electron chi connectivity index (χ4n) is 1.65. The second-order valence-electron chi connectivity index (χ2n) is 4.47. The third kappa shape index (κ3) is 5.26. The number of amides is 1. The van der Waals surface area contributed by atoms with Gasteiger partial charge in [-0.15, -0.1) is 0 Å².